The number of methoxy groups -OCH3 is 2. The minimum atomic E-state index is -0.437. The Labute approximate surface area is 138 Å². The summed E-state index contributed by atoms with van der Waals surface area (Å²) in [6.45, 7) is 3.74. The van der Waals surface area contributed by atoms with E-state index in [2.05, 4.69) is 20.4 Å². The molecule has 3 aromatic rings. The largest absolute Gasteiger partial charge is 0.497 e. The summed E-state index contributed by atoms with van der Waals surface area (Å²) in [5, 5.41) is 6.94. The van der Waals surface area contributed by atoms with Gasteiger partial charge in [-0.25, -0.2) is 9.50 Å². The SMILES string of the molecule is COc1cc(NC(=O)c2nc3nc(C)cc(C)n3n2)cc(OC)c1. The number of ether oxygens (including phenoxy) is 2. The summed E-state index contributed by atoms with van der Waals surface area (Å²) in [7, 11) is 3.08. The molecule has 0 saturated heterocycles. The molecule has 0 saturated carbocycles. The zero-order valence-electron chi connectivity index (χ0n) is 13.8. The Morgan fingerprint density at radius 1 is 1.04 bits per heavy atom. The van der Waals surface area contributed by atoms with Gasteiger partial charge >= 0.3 is 0 Å². The second-order valence-corrected chi connectivity index (χ2v) is 5.24. The summed E-state index contributed by atoms with van der Waals surface area (Å²) in [6, 6.07) is 6.96. The van der Waals surface area contributed by atoms with Crippen molar-refractivity contribution < 1.29 is 14.3 Å². The number of aromatic nitrogens is 4. The molecule has 3 rings (SSSR count). The van der Waals surface area contributed by atoms with Crippen LogP contribution in [0.2, 0.25) is 0 Å². The number of carbonyl (C=O) groups is 1. The fraction of sp³-hybridized carbons (Fsp3) is 0.250. The van der Waals surface area contributed by atoms with Crippen molar-refractivity contribution in [3.05, 3.63) is 41.5 Å². The fourth-order valence-corrected chi connectivity index (χ4v) is 2.33. The maximum atomic E-state index is 12.4. The molecule has 1 amide bonds. The summed E-state index contributed by atoms with van der Waals surface area (Å²) in [5.74, 6) is 1.13. The van der Waals surface area contributed by atoms with Gasteiger partial charge in [0.2, 0.25) is 5.82 Å². The molecule has 1 aromatic carbocycles. The van der Waals surface area contributed by atoms with Gasteiger partial charge < -0.3 is 14.8 Å². The topological polar surface area (TPSA) is 90.6 Å². The van der Waals surface area contributed by atoms with Crippen molar-refractivity contribution in [3.8, 4) is 11.5 Å². The van der Waals surface area contributed by atoms with Crippen LogP contribution < -0.4 is 14.8 Å². The van der Waals surface area contributed by atoms with E-state index in [0.717, 1.165) is 11.4 Å². The minimum absolute atomic E-state index is 0.0398. The van der Waals surface area contributed by atoms with Gasteiger partial charge in [-0.3, -0.25) is 4.79 Å². The van der Waals surface area contributed by atoms with Crippen molar-refractivity contribution in [3.63, 3.8) is 0 Å². The Kier molecular flexibility index (Phi) is 4.03. The number of nitrogens with zero attached hydrogens (tertiary/aromatic N) is 4. The summed E-state index contributed by atoms with van der Waals surface area (Å²) in [6.07, 6.45) is 0. The molecule has 2 heterocycles. The number of nitrogens with one attached hydrogen (secondary N) is 1. The van der Waals surface area contributed by atoms with Gasteiger partial charge in [0.05, 0.1) is 14.2 Å². The first kappa shape index (κ1) is 15.7. The highest BCUT2D eigenvalue weighted by Crippen LogP contribution is 2.26. The van der Waals surface area contributed by atoms with Crippen molar-refractivity contribution in [2.45, 2.75) is 13.8 Å². The number of fused-ring (bicyclic) bond motifs is 1. The number of hydrogen-bond acceptors (Lipinski definition) is 6. The van der Waals surface area contributed by atoms with Crippen LogP contribution in [0.3, 0.4) is 0 Å². The van der Waals surface area contributed by atoms with E-state index in [1.54, 1.807) is 32.4 Å². The Hall–Kier alpha value is -3.16. The molecule has 0 aliphatic rings. The molecule has 0 unspecified atom stereocenters. The van der Waals surface area contributed by atoms with Crippen LogP contribution in [0.15, 0.2) is 24.3 Å². The van der Waals surface area contributed by atoms with Gasteiger partial charge in [-0.15, -0.1) is 5.10 Å². The molecule has 1 N–H and O–H groups in total. The van der Waals surface area contributed by atoms with Crippen LogP contribution in [-0.2, 0) is 0 Å². The Bertz CT molecular complexity index is 897. The van der Waals surface area contributed by atoms with Crippen LogP contribution in [0.1, 0.15) is 22.0 Å². The summed E-state index contributed by atoms with van der Waals surface area (Å²) in [4.78, 5) is 20.9. The van der Waals surface area contributed by atoms with E-state index in [1.165, 1.54) is 4.52 Å². The van der Waals surface area contributed by atoms with Gasteiger partial charge in [0.25, 0.3) is 11.7 Å². The third kappa shape index (κ3) is 2.98. The van der Waals surface area contributed by atoms with E-state index in [9.17, 15) is 4.79 Å². The van der Waals surface area contributed by atoms with Gasteiger partial charge in [-0.05, 0) is 19.9 Å². The van der Waals surface area contributed by atoms with Crippen LogP contribution in [0.5, 0.6) is 11.5 Å². The Balaban J connectivity index is 1.91. The van der Waals surface area contributed by atoms with Crippen molar-refractivity contribution in [2.75, 3.05) is 19.5 Å². The van der Waals surface area contributed by atoms with Crippen LogP contribution in [0.25, 0.3) is 5.78 Å². The number of rotatable bonds is 4. The van der Waals surface area contributed by atoms with E-state index >= 15 is 0 Å². The number of amides is 1. The van der Waals surface area contributed by atoms with Gasteiger partial charge in [0.1, 0.15) is 11.5 Å². The highest BCUT2D eigenvalue weighted by molar-refractivity contribution is 6.02. The van der Waals surface area contributed by atoms with Crippen LogP contribution in [0, 0.1) is 13.8 Å². The molecule has 0 aliphatic heterocycles. The lowest BCUT2D eigenvalue weighted by Gasteiger charge is -2.08. The molecule has 124 valence electrons. The van der Waals surface area contributed by atoms with E-state index in [1.807, 2.05) is 19.9 Å². The van der Waals surface area contributed by atoms with Crippen molar-refractivity contribution in [2.24, 2.45) is 0 Å². The average molecular weight is 327 g/mol. The maximum Gasteiger partial charge on any atom is 0.295 e. The minimum Gasteiger partial charge on any atom is -0.497 e. The highest BCUT2D eigenvalue weighted by atomic mass is 16.5. The van der Waals surface area contributed by atoms with E-state index < -0.39 is 5.91 Å². The molecule has 8 heteroatoms. The van der Waals surface area contributed by atoms with Crippen molar-refractivity contribution in [1.82, 2.24) is 19.6 Å². The van der Waals surface area contributed by atoms with Gasteiger partial charge in [0.15, 0.2) is 0 Å². The number of aryl methyl sites for hydroxylation is 2. The Morgan fingerprint density at radius 3 is 2.33 bits per heavy atom. The summed E-state index contributed by atoms with van der Waals surface area (Å²) < 4.78 is 11.9. The average Bonchev–Trinajstić information content (AvgIpc) is 2.98. The highest BCUT2D eigenvalue weighted by Gasteiger charge is 2.16. The normalized spacial score (nSPS) is 10.7. The summed E-state index contributed by atoms with van der Waals surface area (Å²) in [5.41, 5.74) is 2.19. The first-order chi connectivity index (χ1) is 11.5. The standard InChI is InChI=1S/C16H17N5O3/c1-9-5-10(2)21-16(17-9)19-14(20-21)15(22)18-11-6-12(23-3)8-13(7-11)24-4/h5-8H,1-4H3,(H,18,22). The molecular weight excluding hydrogens is 310 g/mol. The van der Waals surface area contributed by atoms with Crippen LogP contribution >= 0.6 is 0 Å². The van der Waals surface area contributed by atoms with E-state index in [4.69, 9.17) is 9.47 Å². The van der Waals surface area contributed by atoms with Crippen molar-refractivity contribution >= 4 is 17.4 Å². The van der Waals surface area contributed by atoms with Crippen LogP contribution in [-0.4, -0.2) is 39.7 Å². The molecule has 8 nitrogen and oxygen atoms in total. The second kappa shape index (κ2) is 6.15. The lowest BCUT2D eigenvalue weighted by atomic mass is 10.2. The van der Waals surface area contributed by atoms with Crippen molar-refractivity contribution in [1.29, 1.82) is 0 Å². The molecule has 0 bridgehead atoms. The lowest BCUT2D eigenvalue weighted by Crippen LogP contribution is -2.14. The predicted octanol–water partition coefficient (Wildman–Crippen LogP) is 2.01. The molecule has 2 aromatic heterocycles. The monoisotopic (exact) mass is 327 g/mol. The zero-order valence-corrected chi connectivity index (χ0v) is 13.8. The van der Waals surface area contributed by atoms with Crippen LogP contribution in [0.4, 0.5) is 5.69 Å². The first-order valence-electron chi connectivity index (χ1n) is 7.25. The number of carbonyl (C=O) groups excluding carboxylic acids is 1. The van der Waals surface area contributed by atoms with Gasteiger partial charge in [0, 0.05) is 35.3 Å². The van der Waals surface area contributed by atoms with Gasteiger partial charge in [-0.2, -0.15) is 4.98 Å². The predicted molar refractivity (Wildman–Crippen MR) is 87.8 cm³/mol. The molecule has 24 heavy (non-hydrogen) atoms. The molecule has 0 atom stereocenters. The smallest absolute Gasteiger partial charge is 0.295 e. The molecule has 0 fully saturated rings. The van der Waals surface area contributed by atoms with E-state index in [-0.39, 0.29) is 5.82 Å². The van der Waals surface area contributed by atoms with Gasteiger partial charge in [-0.1, -0.05) is 0 Å². The third-order valence-electron chi connectivity index (χ3n) is 3.43. The maximum absolute atomic E-state index is 12.4. The van der Waals surface area contributed by atoms with E-state index in [0.29, 0.717) is 23.0 Å². The molecule has 0 radical (unpaired) electrons. The first-order valence-corrected chi connectivity index (χ1v) is 7.25. The zero-order chi connectivity index (χ0) is 17.3. The summed E-state index contributed by atoms with van der Waals surface area (Å²) >= 11 is 0. The fourth-order valence-electron chi connectivity index (χ4n) is 2.33. The molecule has 0 aliphatic carbocycles. The lowest BCUT2D eigenvalue weighted by molar-refractivity contribution is 0.101. The Morgan fingerprint density at radius 2 is 1.71 bits per heavy atom. The number of benzene rings is 1. The number of anilines is 1. The second-order valence-electron chi connectivity index (χ2n) is 5.24. The number of hydrogen-bond donors (Lipinski definition) is 1. The molecular formula is C16H17N5O3. The quantitative estimate of drug-likeness (QED) is 0.788. The molecule has 0 spiro atoms. The third-order valence-corrected chi connectivity index (χ3v) is 3.43.